The SMILES string of the molecule is CC(C)(C)Cc1cnc2c(c1)[C@@H](NC[C@H](O)[C@H](Cc1ccc(F)cc1)NC(=O)O)CC1(CCC1)O2. The van der Waals surface area contributed by atoms with E-state index in [1.54, 1.807) is 12.1 Å². The third-order valence-electron chi connectivity index (χ3n) is 6.92. The lowest BCUT2D eigenvalue weighted by Gasteiger charge is -2.47. The molecule has 1 spiro atoms. The number of aliphatic hydroxyl groups is 1. The quantitative estimate of drug-likeness (QED) is 0.442. The van der Waals surface area contributed by atoms with Crippen LogP contribution in [0.5, 0.6) is 5.88 Å². The number of aliphatic hydroxyl groups excluding tert-OH is 1. The smallest absolute Gasteiger partial charge is 0.404 e. The summed E-state index contributed by atoms with van der Waals surface area (Å²) in [6.07, 6.45) is 4.69. The summed E-state index contributed by atoms with van der Waals surface area (Å²) in [5.74, 6) is 0.286. The highest BCUT2D eigenvalue weighted by Gasteiger charge is 2.46. The molecule has 2 heterocycles. The number of pyridine rings is 1. The summed E-state index contributed by atoms with van der Waals surface area (Å²) in [6, 6.07) is 7.21. The molecule has 1 aliphatic carbocycles. The lowest BCUT2D eigenvalue weighted by atomic mass is 9.73. The van der Waals surface area contributed by atoms with E-state index in [0.717, 1.165) is 48.8 Å². The van der Waals surface area contributed by atoms with Crippen LogP contribution in [0.3, 0.4) is 0 Å². The number of fused-ring (bicyclic) bond motifs is 1. The van der Waals surface area contributed by atoms with E-state index < -0.39 is 18.2 Å². The van der Waals surface area contributed by atoms with Gasteiger partial charge in [0.1, 0.15) is 11.4 Å². The van der Waals surface area contributed by atoms with Crippen molar-refractivity contribution in [3.05, 3.63) is 59.0 Å². The van der Waals surface area contributed by atoms with Crippen molar-refractivity contribution in [2.75, 3.05) is 6.54 Å². The van der Waals surface area contributed by atoms with Crippen molar-refractivity contribution < 1.29 is 24.1 Å². The Hall–Kier alpha value is -2.71. The summed E-state index contributed by atoms with van der Waals surface area (Å²) in [6.45, 7) is 6.76. The van der Waals surface area contributed by atoms with Gasteiger partial charge in [-0.1, -0.05) is 32.9 Å². The molecule has 4 N–H and O–H groups in total. The Kier molecular flexibility index (Phi) is 7.33. The molecule has 0 radical (unpaired) electrons. The van der Waals surface area contributed by atoms with Crippen LogP contribution in [0.2, 0.25) is 0 Å². The van der Waals surface area contributed by atoms with Gasteiger partial charge in [-0.15, -0.1) is 0 Å². The summed E-state index contributed by atoms with van der Waals surface area (Å²) >= 11 is 0. The predicted molar refractivity (Wildman–Crippen MR) is 131 cm³/mol. The van der Waals surface area contributed by atoms with Gasteiger partial charge in [0.25, 0.3) is 0 Å². The van der Waals surface area contributed by atoms with E-state index in [1.807, 2.05) is 6.20 Å². The zero-order valence-corrected chi connectivity index (χ0v) is 20.7. The Bertz CT molecular complexity index is 1030. The highest BCUT2D eigenvalue weighted by atomic mass is 19.1. The van der Waals surface area contributed by atoms with Gasteiger partial charge < -0.3 is 25.6 Å². The maximum absolute atomic E-state index is 13.3. The number of ether oxygens (including phenoxy) is 1. The minimum absolute atomic E-state index is 0.0579. The average molecular weight is 486 g/mol. The van der Waals surface area contributed by atoms with E-state index in [4.69, 9.17) is 4.74 Å². The first kappa shape index (κ1) is 25.4. The molecule has 1 aliphatic heterocycles. The van der Waals surface area contributed by atoms with Crippen molar-refractivity contribution >= 4 is 6.09 Å². The average Bonchev–Trinajstić information content (AvgIpc) is 2.75. The van der Waals surface area contributed by atoms with E-state index in [1.165, 1.54) is 12.1 Å². The molecule has 2 aromatic rings. The largest absolute Gasteiger partial charge is 0.471 e. The highest BCUT2D eigenvalue weighted by molar-refractivity contribution is 5.65. The normalized spacial score (nSPS) is 20.3. The minimum atomic E-state index is -1.21. The summed E-state index contributed by atoms with van der Waals surface area (Å²) < 4.78 is 19.6. The maximum atomic E-state index is 13.3. The fraction of sp³-hybridized carbons (Fsp3) is 0.556. The molecule has 0 saturated heterocycles. The van der Waals surface area contributed by atoms with Crippen LogP contribution in [-0.4, -0.2) is 45.6 Å². The van der Waals surface area contributed by atoms with Crippen molar-refractivity contribution in [2.24, 2.45) is 5.41 Å². The number of halogens is 1. The van der Waals surface area contributed by atoms with E-state index in [9.17, 15) is 19.4 Å². The highest BCUT2D eigenvalue weighted by Crippen LogP contribution is 2.48. The molecule has 35 heavy (non-hydrogen) atoms. The van der Waals surface area contributed by atoms with Gasteiger partial charge in [-0.05, 0) is 66.8 Å². The van der Waals surface area contributed by atoms with Gasteiger partial charge in [0, 0.05) is 30.8 Å². The van der Waals surface area contributed by atoms with Gasteiger partial charge in [0.05, 0.1) is 12.1 Å². The molecule has 8 heteroatoms. The van der Waals surface area contributed by atoms with Crippen LogP contribution < -0.4 is 15.4 Å². The molecule has 0 bridgehead atoms. The number of benzene rings is 1. The standard InChI is InChI=1S/C27H36FN3O4/c1-26(2,3)13-18-11-20-22(14-27(9-4-10-27)35-24(20)30-15-18)29-16-23(32)21(31-25(33)34)12-17-5-7-19(28)8-6-17/h5-8,11,15,21-23,29,31-32H,4,9-10,12-14,16H2,1-3H3,(H,33,34)/t21-,22-,23-/m0/s1. The lowest BCUT2D eigenvalue weighted by Crippen LogP contribution is -2.52. The van der Waals surface area contributed by atoms with Crippen LogP contribution >= 0.6 is 0 Å². The summed E-state index contributed by atoms with van der Waals surface area (Å²) in [7, 11) is 0. The molecule has 3 atom stereocenters. The number of hydrogen-bond donors (Lipinski definition) is 4. The Morgan fingerprint density at radius 1 is 1.26 bits per heavy atom. The topological polar surface area (TPSA) is 104 Å². The lowest BCUT2D eigenvalue weighted by molar-refractivity contribution is -0.0421. The summed E-state index contributed by atoms with van der Waals surface area (Å²) in [5, 5.41) is 26.2. The van der Waals surface area contributed by atoms with E-state index in [2.05, 4.69) is 42.5 Å². The van der Waals surface area contributed by atoms with Gasteiger partial charge in [-0.25, -0.2) is 14.2 Å². The maximum Gasteiger partial charge on any atom is 0.404 e. The van der Waals surface area contributed by atoms with Gasteiger partial charge in [-0.3, -0.25) is 0 Å². The minimum Gasteiger partial charge on any atom is -0.471 e. The molecule has 7 nitrogen and oxygen atoms in total. The number of nitrogens with zero attached hydrogens (tertiary/aromatic N) is 1. The second kappa shape index (κ2) is 10.1. The van der Waals surface area contributed by atoms with Crippen LogP contribution in [0.4, 0.5) is 9.18 Å². The number of hydrogen-bond acceptors (Lipinski definition) is 5. The second-order valence-corrected chi connectivity index (χ2v) is 11.2. The molecule has 1 aromatic heterocycles. The van der Waals surface area contributed by atoms with E-state index in [0.29, 0.717) is 5.88 Å². The van der Waals surface area contributed by atoms with E-state index in [-0.39, 0.29) is 35.8 Å². The number of aromatic nitrogens is 1. The number of carboxylic acid groups (broad SMARTS) is 1. The Balaban J connectivity index is 1.49. The molecule has 1 fully saturated rings. The van der Waals surface area contributed by atoms with Crippen LogP contribution in [0.15, 0.2) is 36.5 Å². The van der Waals surface area contributed by atoms with E-state index >= 15 is 0 Å². The molecule has 1 amide bonds. The number of amides is 1. The van der Waals surface area contributed by atoms with Crippen molar-refractivity contribution in [1.29, 1.82) is 0 Å². The molecule has 4 rings (SSSR count). The number of carbonyl (C=O) groups is 1. The summed E-state index contributed by atoms with van der Waals surface area (Å²) in [4.78, 5) is 16.0. The molecule has 1 aromatic carbocycles. The summed E-state index contributed by atoms with van der Waals surface area (Å²) in [5.41, 5.74) is 2.76. The Morgan fingerprint density at radius 3 is 2.57 bits per heavy atom. The van der Waals surface area contributed by atoms with Gasteiger partial charge in [0.15, 0.2) is 0 Å². The van der Waals surface area contributed by atoms with Crippen LogP contribution in [0, 0.1) is 11.2 Å². The second-order valence-electron chi connectivity index (χ2n) is 11.2. The van der Waals surface area contributed by atoms with Crippen molar-refractivity contribution in [2.45, 2.75) is 83.1 Å². The molecular formula is C27H36FN3O4. The monoisotopic (exact) mass is 485 g/mol. The van der Waals surface area contributed by atoms with Crippen LogP contribution in [0.25, 0.3) is 0 Å². The van der Waals surface area contributed by atoms with Crippen LogP contribution in [0.1, 0.15) is 69.2 Å². The predicted octanol–water partition coefficient (Wildman–Crippen LogP) is 4.39. The molecule has 2 aliphatic rings. The first-order valence-corrected chi connectivity index (χ1v) is 12.4. The zero-order valence-electron chi connectivity index (χ0n) is 20.7. The number of rotatable bonds is 8. The van der Waals surface area contributed by atoms with Crippen LogP contribution in [-0.2, 0) is 12.8 Å². The van der Waals surface area contributed by atoms with Gasteiger partial charge >= 0.3 is 6.09 Å². The third kappa shape index (κ3) is 6.49. The molecule has 0 unspecified atom stereocenters. The Labute approximate surface area is 206 Å². The first-order chi connectivity index (χ1) is 16.5. The van der Waals surface area contributed by atoms with Crippen molar-refractivity contribution in [3.63, 3.8) is 0 Å². The molecular weight excluding hydrogens is 449 g/mol. The van der Waals surface area contributed by atoms with Crippen molar-refractivity contribution in [3.8, 4) is 5.88 Å². The zero-order chi connectivity index (χ0) is 25.2. The number of nitrogens with one attached hydrogen (secondary N) is 2. The van der Waals surface area contributed by atoms with Gasteiger partial charge in [0.2, 0.25) is 5.88 Å². The fourth-order valence-electron chi connectivity index (χ4n) is 5.07. The molecule has 190 valence electrons. The first-order valence-electron chi connectivity index (χ1n) is 12.4. The third-order valence-corrected chi connectivity index (χ3v) is 6.92. The Morgan fingerprint density at radius 2 is 1.97 bits per heavy atom. The van der Waals surface area contributed by atoms with Crippen molar-refractivity contribution in [1.82, 2.24) is 15.6 Å². The molecule has 1 saturated carbocycles. The fourth-order valence-corrected chi connectivity index (χ4v) is 5.07. The van der Waals surface area contributed by atoms with Gasteiger partial charge in [-0.2, -0.15) is 0 Å².